The molecule has 3 heteroatoms. The van der Waals surface area contributed by atoms with E-state index in [9.17, 15) is 0 Å². The fraction of sp³-hybridized carbons (Fsp3) is 0.600. The van der Waals surface area contributed by atoms with Gasteiger partial charge in [0.25, 0.3) is 0 Å². The summed E-state index contributed by atoms with van der Waals surface area (Å²) in [5.41, 5.74) is 1.42. The Bertz CT molecular complexity index is 382. The van der Waals surface area contributed by atoms with Gasteiger partial charge in [-0.1, -0.05) is 23.7 Å². The van der Waals surface area contributed by atoms with E-state index in [1.807, 2.05) is 12.1 Å². The number of rotatable bonds is 4. The molecule has 0 aromatic heterocycles. The summed E-state index contributed by atoms with van der Waals surface area (Å²) >= 11 is 8.07. The summed E-state index contributed by atoms with van der Waals surface area (Å²) < 4.78 is 0. The number of halogens is 1. The molecule has 1 aliphatic carbocycles. The van der Waals surface area contributed by atoms with Crippen molar-refractivity contribution in [3.05, 3.63) is 34.9 Å². The molecule has 2 aliphatic rings. The van der Waals surface area contributed by atoms with E-state index in [0.717, 1.165) is 10.9 Å². The molecule has 1 saturated heterocycles. The van der Waals surface area contributed by atoms with Crippen LogP contribution in [0.4, 0.5) is 0 Å². The maximum absolute atomic E-state index is 5.98. The third kappa shape index (κ3) is 3.23. The van der Waals surface area contributed by atoms with Crippen LogP contribution < -0.4 is 5.32 Å². The highest BCUT2D eigenvalue weighted by molar-refractivity contribution is 7.99. The number of hydrogen-bond donors (Lipinski definition) is 1. The first-order chi connectivity index (χ1) is 8.83. The lowest BCUT2D eigenvalue weighted by atomic mass is 10.00. The molecule has 3 rings (SSSR count). The first-order valence-electron chi connectivity index (χ1n) is 6.92. The summed E-state index contributed by atoms with van der Waals surface area (Å²) in [6, 6.07) is 9.68. The van der Waals surface area contributed by atoms with Crippen molar-refractivity contribution >= 4 is 23.4 Å². The smallest absolute Gasteiger partial charge is 0.0406 e. The van der Waals surface area contributed by atoms with Crippen molar-refractivity contribution in [3.63, 3.8) is 0 Å². The summed E-state index contributed by atoms with van der Waals surface area (Å²) in [5, 5.41) is 4.73. The minimum atomic E-state index is 0.551. The molecule has 1 atom stereocenters. The summed E-state index contributed by atoms with van der Waals surface area (Å²) in [6.07, 6.45) is 5.40. The number of nitrogens with one attached hydrogen (secondary N) is 1. The third-order valence-corrected chi connectivity index (χ3v) is 5.26. The zero-order valence-corrected chi connectivity index (χ0v) is 12.1. The van der Waals surface area contributed by atoms with Crippen molar-refractivity contribution in [3.8, 4) is 0 Å². The molecule has 18 heavy (non-hydrogen) atoms. The number of thioether (sulfide) groups is 1. The molecule has 0 radical (unpaired) electrons. The summed E-state index contributed by atoms with van der Waals surface area (Å²) in [6.45, 7) is 0. The van der Waals surface area contributed by atoms with E-state index in [1.54, 1.807) is 0 Å². The Kier molecular flexibility index (Phi) is 4.17. The fourth-order valence-electron chi connectivity index (χ4n) is 2.72. The van der Waals surface area contributed by atoms with Crippen LogP contribution in [-0.4, -0.2) is 17.5 Å². The van der Waals surface area contributed by atoms with Crippen LogP contribution >= 0.6 is 23.4 Å². The molecule has 1 unspecified atom stereocenters. The molecule has 1 aromatic carbocycles. The maximum atomic E-state index is 5.98. The van der Waals surface area contributed by atoms with Crippen LogP contribution in [-0.2, 0) is 0 Å². The molecular weight excluding hydrogens is 262 g/mol. The molecule has 1 aliphatic heterocycles. The molecule has 98 valence electrons. The van der Waals surface area contributed by atoms with Crippen LogP contribution in [0.2, 0.25) is 5.02 Å². The molecule has 0 amide bonds. The highest BCUT2D eigenvalue weighted by atomic mass is 35.5. The van der Waals surface area contributed by atoms with E-state index in [1.165, 1.54) is 42.8 Å². The quantitative estimate of drug-likeness (QED) is 0.884. The molecule has 0 spiro atoms. The molecular formula is C15H20ClNS. The molecule has 0 bridgehead atoms. The second-order valence-electron chi connectivity index (χ2n) is 5.42. The van der Waals surface area contributed by atoms with Gasteiger partial charge in [0.2, 0.25) is 0 Å². The van der Waals surface area contributed by atoms with Gasteiger partial charge in [0.05, 0.1) is 0 Å². The van der Waals surface area contributed by atoms with E-state index in [-0.39, 0.29) is 0 Å². The van der Waals surface area contributed by atoms with Crippen molar-refractivity contribution in [2.45, 2.75) is 37.8 Å². The van der Waals surface area contributed by atoms with Gasteiger partial charge in [0, 0.05) is 17.1 Å². The highest BCUT2D eigenvalue weighted by Gasteiger charge is 2.33. The Balaban J connectivity index is 1.69. The Hall–Kier alpha value is -0.180. The van der Waals surface area contributed by atoms with Gasteiger partial charge in [-0.15, -0.1) is 0 Å². The third-order valence-electron chi connectivity index (χ3n) is 3.96. The van der Waals surface area contributed by atoms with E-state index in [0.29, 0.717) is 12.1 Å². The number of benzene rings is 1. The van der Waals surface area contributed by atoms with Crippen LogP contribution in [0.3, 0.4) is 0 Å². The minimum absolute atomic E-state index is 0.551. The summed E-state index contributed by atoms with van der Waals surface area (Å²) in [5.74, 6) is 3.48. The van der Waals surface area contributed by atoms with E-state index < -0.39 is 0 Å². The lowest BCUT2D eigenvalue weighted by Gasteiger charge is -2.28. The summed E-state index contributed by atoms with van der Waals surface area (Å²) in [4.78, 5) is 0. The van der Waals surface area contributed by atoms with Crippen molar-refractivity contribution in [2.24, 2.45) is 5.92 Å². The molecule has 2 fully saturated rings. The Morgan fingerprint density at radius 1 is 1.06 bits per heavy atom. The van der Waals surface area contributed by atoms with Crippen LogP contribution in [0, 0.1) is 5.92 Å². The highest BCUT2D eigenvalue weighted by Crippen LogP contribution is 2.42. The van der Waals surface area contributed by atoms with E-state index >= 15 is 0 Å². The minimum Gasteiger partial charge on any atom is -0.307 e. The average molecular weight is 282 g/mol. The monoisotopic (exact) mass is 281 g/mol. The lowest BCUT2D eigenvalue weighted by molar-refractivity contribution is 0.385. The predicted octanol–water partition coefficient (Wildman–Crippen LogP) is 4.28. The van der Waals surface area contributed by atoms with Gasteiger partial charge in [-0.3, -0.25) is 0 Å². The standard InChI is InChI=1S/C15H20ClNS/c16-13-5-3-12(4-6-13)15(11-1-2-11)17-14-7-9-18-10-8-14/h3-6,11,14-15,17H,1-2,7-10H2. The predicted molar refractivity (Wildman–Crippen MR) is 80.4 cm³/mol. The van der Waals surface area contributed by atoms with Gasteiger partial charge >= 0.3 is 0 Å². The van der Waals surface area contributed by atoms with Crippen molar-refractivity contribution < 1.29 is 0 Å². The van der Waals surface area contributed by atoms with Crippen molar-refractivity contribution in [1.82, 2.24) is 5.32 Å². The van der Waals surface area contributed by atoms with Crippen molar-refractivity contribution in [1.29, 1.82) is 0 Å². The van der Waals surface area contributed by atoms with Gasteiger partial charge in [-0.25, -0.2) is 0 Å². The largest absolute Gasteiger partial charge is 0.307 e. The normalized spacial score (nSPS) is 22.9. The zero-order valence-electron chi connectivity index (χ0n) is 10.6. The number of hydrogen-bond acceptors (Lipinski definition) is 2. The van der Waals surface area contributed by atoms with E-state index in [2.05, 4.69) is 29.2 Å². The molecule has 1 aromatic rings. The van der Waals surface area contributed by atoms with E-state index in [4.69, 9.17) is 11.6 Å². The molecule has 1 heterocycles. The molecule has 1 nitrogen and oxygen atoms in total. The maximum Gasteiger partial charge on any atom is 0.0406 e. The molecule has 1 saturated carbocycles. The topological polar surface area (TPSA) is 12.0 Å². The van der Waals surface area contributed by atoms with Crippen molar-refractivity contribution in [2.75, 3.05) is 11.5 Å². The fourth-order valence-corrected chi connectivity index (χ4v) is 3.95. The summed E-state index contributed by atoms with van der Waals surface area (Å²) in [7, 11) is 0. The van der Waals surface area contributed by atoms with Crippen LogP contribution in [0.25, 0.3) is 0 Å². The first-order valence-corrected chi connectivity index (χ1v) is 8.45. The van der Waals surface area contributed by atoms with Gasteiger partial charge < -0.3 is 5.32 Å². The zero-order chi connectivity index (χ0) is 12.4. The van der Waals surface area contributed by atoms with Crippen LogP contribution in [0.15, 0.2) is 24.3 Å². The lowest BCUT2D eigenvalue weighted by Crippen LogP contribution is -2.36. The SMILES string of the molecule is Clc1ccc(C(NC2CCSCC2)C2CC2)cc1. The Morgan fingerprint density at radius 3 is 2.33 bits per heavy atom. The average Bonchev–Trinajstić information content (AvgIpc) is 3.23. The van der Waals surface area contributed by atoms with Gasteiger partial charge in [-0.2, -0.15) is 11.8 Å². The molecule has 1 N–H and O–H groups in total. The Labute approximate surface area is 119 Å². The second kappa shape index (κ2) is 5.85. The van der Waals surface area contributed by atoms with Gasteiger partial charge in [-0.05, 0) is 60.8 Å². The second-order valence-corrected chi connectivity index (χ2v) is 7.08. The van der Waals surface area contributed by atoms with Gasteiger partial charge in [0.1, 0.15) is 0 Å². The Morgan fingerprint density at radius 2 is 1.72 bits per heavy atom. The van der Waals surface area contributed by atoms with Crippen LogP contribution in [0.5, 0.6) is 0 Å². The first kappa shape index (κ1) is 12.8. The van der Waals surface area contributed by atoms with Gasteiger partial charge in [0.15, 0.2) is 0 Å². The van der Waals surface area contributed by atoms with Crippen LogP contribution in [0.1, 0.15) is 37.3 Å².